The van der Waals surface area contributed by atoms with Gasteiger partial charge in [-0.1, -0.05) is 6.07 Å². The number of fused-ring (bicyclic) bond motifs is 1. The van der Waals surface area contributed by atoms with E-state index in [2.05, 4.69) is 26.8 Å². The van der Waals surface area contributed by atoms with E-state index in [-0.39, 0.29) is 0 Å². The first kappa shape index (κ1) is 13.3. The molecule has 2 aromatic rings. The van der Waals surface area contributed by atoms with Crippen LogP contribution in [0.25, 0.3) is 0 Å². The Balaban J connectivity index is 1.62. The van der Waals surface area contributed by atoms with E-state index in [0.29, 0.717) is 19.3 Å². The van der Waals surface area contributed by atoms with Gasteiger partial charge in [0.25, 0.3) is 0 Å². The van der Waals surface area contributed by atoms with Crippen LogP contribution in [0.15, 0.2) is 24.4 Å². The predicted molar refractivity (Wildman–Crippen MR) is 76.1 cm³/mol. The van der Waals surface area contributed by atoms with Crippen molar-refractivity contribution in [3.63, 3.8) is 0 Å². The van der Waals surface area contributed by atoms with Crippen molar-refractivity contribution in [2.75, 3.05) is 6.54 Å². The van der Waals surface area contributed by atoms with Gasteiger partial charge in [-0.15, -0.1) is 0 Å². The Morgan fingerprint density at radius 3 is 3.15 bits per heavy atom. The lowest BCUT2D eigenvalue weighted by atomic mass is 10.2. The summed E-state index contributed by atoms with van der Waals surface area (Å²) >= 11 is 0. The number of ether oxygens (including phenoxy) is 1. The molecular formula is C15H20N4O. The van der Waals surface area contributed by atoms with Gasteiger partial charge >= 0.3 is 0 Å². The second kappa shape index (κ2) is 5.73. The average molecular weight is 272 g/mol. The van der Waals surface area contributed by atoms with Crippen LogP contribution >= 0.6 is 0 Å². The fraction of sp³-hybridized carbons (Fsp3) is 0.467. The number of rotatable bonds is 4. The van der Waals surface area contributed by atoms with Gasteiger partial charge in [0.15, 0.2) is 0 Å². The zero-order valence-corrected chi connectivity index (χ0v) is 12.0. The highest BCUT2D eigenvalue weighted by atomic mass is 16.5. The minimum Gasteiger partial charge on any atom is -0.369 e. The number of nitrogens with one attached hydrogen (secondary N) is 1. The molecule has 1 aliphatic rings. The third-order valence-electron chi connectivity index (χ3n) is 3.59. The number of hydrogen-bond acceptors (Lipinski definition) is 4. The molecular weight excluding hydrogens is 252 g/mol. The van der Waals surface area contributed by atoms with Crippen molar-refractivity contribution >= 4 is 0 Å². The van der Waals surface area contributed by atoms with Gasteiger partial charge in [0.1, 0.15) is 5.82 Å². The van der Waals surface area contributed by atoms with Gasteiger partial charge in [-0.2, -0.15) is 0 Å². The Morgan fingerprint density at radius 2 is 2.30 bits per heavy atom. The maximum Gasteiger partial charge on any atom is 0.125 e. The summed E-state index contributed by atoms with van der Waals surface area (Å²) in [4.78, 5) is 8.92. The highest BCUT2D eigenvalue weighted by Gasteiger charge is 2.19. The molecule has 1 N–H and O–H groups in total. The van der Waals surface area contributed by atoms with Crippen molar-refractivity contribution in [1.82, 2.24) is 19.9 Å². The summed E-state index contributed by atoms with van der Waals surface area (Å²) < 4.78 is 8.03. The van der Waals surface area contributed by atoms with Crippen LogP contribution in [0.5, 0.6) is 0 Å². The third kappa shape index (κ3) is 2.73. The normalized spacial score (nSPS) is 18.0. The summed E-state index contributed by atoms with van der Waals surface area (Å²) in [5.41, 5.74) is 3.13. The SMILES string of the molecule is Cc1cccc(COCc2cnc3n2CCNC3C)n1. The fourth-order valence-corrected chi connectivity index (χ4v) is 2.57. The molecule has 3 rings (SSSR count). The maximum atomic E-state index is 5.78. The van der Waals surface area contributed by atoms with Crippen LogP contribution in [0, 0.1) is 6.92 Å². The van der Waals surface area contributed by atoms with Gasteiger partial charge in [-0.3, -0.25) is 4.98 Å². The Morgan fingerprint density at radius 1 is 1.40 bits per heavy atom. The van der Waals surface area contributed by atoms with Crippen molar-refractivity contribution in [2.24, 2.45) is 0 Å². The maximum absolute atomic E-state index is 5.78. The van der Waals surface area contributed by atoms with Gasteiger partial charge in [0.05, 0.1) is 36.8 Å². The van der Waals surface area contributed by atoms with Crippen molar-refractivity contribution < 1.29 is 4.74 Å². The van der Waals surface area contributed by atoms with Gasteiger partial charge < -0.3 is 14.6 Å². The molecule has 0 saturated heterocycles. The first-order valence-electron chi connectivity index (χ1n) is 7.02. The first-order chi connectivity index (χ1) is 9.74. The highest BCUT2D eigenvalue weighted by Crippen LogP contribution is 2.18. The predicted octanol–water partition coefficient (Wildman–Crippen LogP) is 1.97. The van der Waals surface area contributed by atoms with E-state index in [1.165, 1.54) is 0 Å². The number of aryl methyl sites for hydroxylation is 1. The Bertz CT molecular complexity index is 593. The molecule has 0 bridgehead atoms. The number of hydrogen-bond donors (Lipinski definition) is 1. The molecule has 0 aliphatic carbocycles. The number of pyridine rings is 1. The molecule has 0 radical (unpaired) electrons. The summed E-state index contributed by atoms with van der Waals surface area (Å²) in [5, 5.41) is 3.41. The second-order valence-corrected chi connectivity index (χ2v) is 5.20. The first-order valence-corrected chi connectivity index (χ1v) is 7.02. The summed E-state index contributed by atoms with van der Waals surface area (Å²) in [6.45, 7) is 7.19. The number of aromatic nitrogens is 3. The molecule has 20 heavy (non-hydrogen) atoms. The Hall–Kier alpha value is -1.72. The molecule has 106 valence electrons. The Labute approximate surface area is 119 Å². The third-order valence-corrected chi connectivity index (χ3v) is 3.59. The van der Waals surface area contributed by atoms with Crippen LogP contribution in [-0.2, 0) is 24.5 Å². The number of imidazole rings is 1. The van der Waals surface area contributed by atoms with E-state index in [9.17, 15) is 0 Å². The lowest BCUT2D eigenvalue weighted by molar-refractivity contribution is 0.0988. The Kier molecular flexibility index (Phi) is 3.80. The molecule has 1 atom stereocenters. The van der Waals surface area contributed by atoms with Crippen molar-refractivity contribution in [1.29, 1.82) is 0 Å². The highest BCUT2D eigenvalue weighted by molar-refractivity contribution is 5.11. The molecule has 5 heteroatoms. The largest absolute Gasteiger partial charge is 0.369 e. The van der Waals surface area contributed by atoms with E-state index in [0.717, 1.165) is 36.0 Å². The lowest BCUT2D eigenvalue weighted by Gasteiger charge is -2.23. The lowest BCUT2D eigenvalue weighted by Crippen LogP contribution is -2.32. The van der Waals surface area contributed by atoms with Crippen LogP contribution in [0.4, 0.5) is 0 Å². The quantitative estimate of drug-likeness (QED) is 0.924. The monoisotopic (exact) mass is 272 g/mol. The molecule has 3 heterocycles. The summed E-state index contributed by atoms with van der Waals surface area (Å²) in [7, 11) is 0. The van der Waals surface area contributed by atoms with Crippen LogP contribution in [0.3, 0.4) is 0 Å². The zero-order chi connectivity index (χ0) is 13.9. The minimum atomic E-state index is 0.316. The van der Waals surface area contributed by atoms with Gasteiger partial charge in [-0.05, 0) is 26.0 Å². The molecule has 1 aliphatic heterocycles. The average Bonchev–Trinajstić information content (AvgIpc) is 2.84. The van der Waals surface area contributed by atoms with Crippen LogP contribution in [-0.4, -0.2) is 21.1 Å². The molecule has 1 unspecified atom stereocenters. The molecule has 0 saturated carbocycles. The molecule has 0 amide bonds. The van der Waals surface area contributed by atoms with E-state index in [1.807, 2.05) is 31.3 Å². The van der Waals surface area contributed by atoms with E-state index >= 15 is 0 Å². The van der Waals surface area contributed by atoms with Gasteiger partial charge in [0, 0.05) is 18.8 Å². The van der Waals surface area contributed by atoms with E-state index in [4.69, 9.17) is 4.74 Å². The summed E-state index contributed by atoms with van der Waals surface area (Å²) in [6, 6.07) is 6.31. The topological polar surface area (TPSA) is 52.0 Å². The molecule has 2 aromatic heterocycles. The molecule has 5 nitrogen and oxygen atoms in total. The molecule has 0 aromatic carbocycles. The van der Waals surface area contributed by atoms with Crippen LogP contribution in [0.2, 0.25) is 0 Å². The van der Waals surface area contributed by atoms with E-state index in [1.54, 1.807) is 0 Å². The van der Waals surface area contributed by atoms with Gasteiger partial charge in [0.2, 0.25) is 0 Å². The standard InChI is InChI=1S/C15H20N4O/c1-11-4-3-5-13(18-11)9-20-10-14-8-17-15-12(2)16-6-7-19(14)15/h3-5,8,12,16H,6-7,9-10H2,1-2H3. The van der Waals surface area contributed by atoms with Crippen molar-refractivity contribution in [2.45, 2.75) is 39.6 Å². The zero-order valence-electron chi connectivity index (χ0n) is 12.0. The summed E-state index contributed by atoms with van der Waals surface area (Å²) in [6.07, 6.45) is 1.92. The minimum absolute atomic E-state index is 0.316. The number of nitrogens with zero attached hydrogens (tertiary/aromatic N) is 3. The second-order valence-electron chi connectivity index (χ2n) is 5.20. The fourth-order valence-electron chi connectivity index (χ4n) is 2.57. The van der Waals surface area contributed by atoms with E-state index < -0.39 is 0 Å². The summed E-state index contributed by atoms with van der Waals surface area (Å²) in [5.74, 6) is 1.10. The van der Waals surface area contributed by atoms with Crippen molar-refractivity contribution in [3.05, 3.63) is 47.3 Å². The van der Waals surface area contributed by atoms with Gasteiger partial charge in [-0.25, -0.2) is 4.98 Å². The van der Waals surface area contributed by atoms with Crippen LogP contribution < -0.4 is 5.32 Å². The molecule has 0 fully saturated rings. The molecule has 0 spiro atoms. The smallest absolute Gasteiger partial charge is 0.125 e. The van der Waals surface area contributed by atoms with Crippen LogP contribution in [0.1, 0.15) is 35.9 Å². The van der Waals surface area contributed by atoms with Crippen molar-refractivity contribution in [3.8, 4) is 0 Å².